The zero-order valence-electron chi connectivity index (χ0n) is 25.9. The highest BCUT2D eigenvalue weighted by atomic mass is 19.4. The van der Waals surface area contributed by atoms with Gasteiger partial charge in [-0.05, 0) is 119 Å². The summed E-state index contributed by atoms with van der Waals surface area (Å²) in [5.41, 5.74) is 0.598. The number of phenols is 1. The molecule has 7 atom stereocenters. The molecule has 44 heavy (non-hydrogen) atoms. The third kappa shape index (κ3) is 6.74. The Morgan fingerprint density at radius 3 is 2.20 bits per heavy atom. The number of alkyl halides is 8. The van der Waals surface area contributed by atoms with Gasteiger partial charge < -0.3 is 15.1 Å². The Morgan fingerprint density at radius 2 is 1.57 bits per heavy atom. The van der Waals surface area contributed by atoms with Gasteiger partial charge in [0.2, 0.25) is 0 Å². The van der Waals surface area contributed by atoms with Crippen molar-refractivity contribution >= 4 is 0 Å². The molecule has 1 aromatic carbocycles. The predicted octanol–water partition coefficient (Wildman–Crippen LogP) is 9.06. The number of halogens is 8. The highest BCUT2D eigenvalue weighted by Gasteiger charge is 2.72. The predicted molar refractivity (Wildman–Crippen MR) is 153 cm³/mol. The topological polar surface area (TPSA) is 43.7 Å². The Bertz CT molecular complexity index is 1130. The lowest BCUT2D eigenvalue weighted by atomic mass is 9.50. The fourth-order valence-corrected chi connectivity index (χ4v) is 8.63. The third-order valence-electron chi connectivity index (χ3n) is 11.4. The van der Waals surface area contributed by atoms with Crippen molar-refractivity contribution in [2.75, 3.05) is 20.1 Å². The fourth-order valence-electron chi connectivity index (χ4n) is 8.63. The van der Waals surface area contributed by atoms with E-state index >= 15 is 4.39 Å². The van der Waals surface area contributed by atoms with Gasteiger partial charge in [-0.3, -0.25) is 0 Å². The molecule has 252 valence electrons. The molecule has 0 aliphatic heterocycles. The van der Waals surface area contributed by atoms with Crippen LogP contribution in [0.15, 0.2) is 18.2 Å². The number of hydrogen-bond donors (Lipinski definition) is 2. The Hall–Kier alpha value is -1.62. The molecule has 11 heteroatoms. The van der Waals surface area contributed by atoms with E-state index in [1.807, 2.05) is 24.9 Å². The summed E-state index contributed by atoms with van der Waals surface area (Å²) in [5, 5.41) is 21.4. The first kappa shape index (κ1) is 35.2. The first-order chi connectivity index (χ1) is 20.3. The molecule has 3 aliphatic rings. The lowest BCUT2D eigenvalue weighted by Gasteiger charge is -2.56. The molecule has 0 amide bonds. The first-order valence-corrected chi connectivity index (χ1v) is 16.0. The number of hydrogen-bond acceptors (Lipinski definition) is 3. The van der Waals surface area contributed by atoms with Crippen molar-refractivity contribution < 1.29 is 45.3 Å². The standard InChI is InChI=1S/C33H47F8NO2/c1-29-20-26(34)28-24-12-11-23(43)19-22(24)18-21(27(28)25(29)13-15-30(29,2)44)10-6-4-8-16-42(3)17-9-5-7-14-31(35,36)32(37,38)33(39,40)41/h11-12,19,21,25-28,43-44H,4-10,13-18,20H2,1-3H3. The summed E-state index contributed by atoms with van der Waals surface area (Å²) in [4.78, 5) is 2.00. The minimum atomic E-state index is -6.28. The van der Waals surface area contributed by atoms with Gasteiger partial charge in [-0.25, -0.2) is 4.39 Å². The lowest BCUT2D eigenvalue weighted by molar-refractivity contribution is -0.355. The maximum Gasteiger partial charge on any atom is 0.459 e. The molecule has 2 N–H and O–H groups in total. The maximum atomic E-state index is 16.0. The molecule has 4 rings (SSSR count). The Labute approximate surface area is 255 Å². The van der Waals surface area contributed by atoms with Crippen LogP contribution < -0.4 is 0 Å². The summed E-state index contributed by atoms with van der Waals surface area (Å²) in [6, 6.07) is 5.28. The van der Waals surface area contributed by atoms with E-state index < -0.39 is 48.1 Å². The van der Waals surface area contributed by atoms with Gasteiger partial charge in [0.25, 0.3) is 0 Å². The molecular formula is C33H47F8NO2. The molecule has 3 nitrogen and oxygen atoms in total. The Balaban J connectivity index is 1.25. The first-order valence-electron chi connectivity index (χ1n) is 16.0. The normalized spacial score (nSPS) is 32.4. The molecule has 1 aromatic rings. The summed E-state index contributed by atoms with van der Waals surface area (Å²) in [7, 11) is 1.86. The minimum Gasteiger partial charge on any atom is -0.508 e. The fraction of sp³-hybridized carbons (Fsp3) is 0.818. The van der Waals surface area contributed by atoms with E-state index in [1.165, 1.54) is 0 Å². The van der Waals surface area contributed by atoms with E-state index in [-0.39, 0.29) is 35.8 Å². The van der Waals surface area contributed by atoms with Gasteiger partial charge in [-0.15, -0.1) is 0 Å². The molecule has 2 fully saturated rings. The zero-order valence-corrected chi connectivity index (χ0v) is 25.9. The van der Waals surface area contributed by atoms with Crippen molar-refractivity contribution in [3.8, 4) is 5.75 Å². The van der Waals surface area contributed by atoms with Crippen molar-refractivity contribution in [2.45, 2.75) is 127 Å². The third-order valence-corrected chi connectivity index (χ3v) is 11.4. The molecule has 0 aromatic heterocycles. The second-order valence-corrected chi connectivity index (χ2v) is 14.2. The van der Waals surface area contributed by atoms with Gasteiger partial charge in [0.05, 0.1) is 5.60 Å². The van der Waals surface area contributed by atoms with Crippen LogP contribution in [-0.2, 0) is 6.42 Å². The molecule has 0 bridgehead atoms. The van der Waals surface area contributed by atoms with Gasteiger partial charge in [0.15, 0.2) is 0 Å². The highest BCUT2D eigenvalue weighted by Crippen LogP contribution is 2.66. The molecular weight excluding hydrogens is 594 g/mol. The molecule has 2 saturated carbocycles. The Kier molecular flexibility index (Phi) is 10.3. The van der Waals surface area contributed by atoms with Gasteiger partial charge in [0.1, 0.15) is 11.9 Å². The van der Waals surface area contributed by atoms with Gasteiger partial charge in [-0.1, -0.05) is 32.3 Å². The average molecular weight is 642 g/mol. The van der Waals surface area contributed by atoms with Crippen LogP contribution in [0.1, 0.15) is 102 Å². The number of benzene rings is 1. The zero-order chi connectivity index (χ0) is 32.7. The van der Waals surface area contributed by atoms with E-state index in [9.17, 15) is 40.9 Å². The number of phenolic OH excluding ortho intramolecular Hbond substituents is 1. The summed E-state index contributed by atoms with van der Waals surface area (Å²) in [6.45, 7) is 5.15. The van der Waals surface area contributed by atoms with Crippen LogP contribution in [0.3, 0.4) is 0 Å². The molecule has 0 saturated heterocycles. The van der Waals surface area contributed by atoms with E-state index in [2.05, 4.69) is 6.92 Å². The maximum absolute atomic E-state index is 16.0. The smallest absolute Gasteiger partial charge is 0.459 e. The summed E-state index contributed by atoms with van der Waals surface area (Å²) < 4.78 is 106. The van der Waals surface area contributed by atoms with Crippen molar-refractivity contribution in [3.63, 3.8) is 0 Å². The molecule has 3 aliphatic carbocycles. The van der Waals surface area contributed by atoms with E-state index in [4.69, 9.17) is 0 Å². The number of aromatic hydroxyl groups is 1. The monoisotopic (exact) mass is 641 g/mol. The van der Waals surface area contributed by atoms with Crippen LogP contribution in [0, 0.1) is 23.2 Å². The van der Waals surface area contributed by atoms with Gasteiger partial charge in [-0.2, -0.15) is 30.7 Å². The van der Waals surface area contributed by atoms with Crippen LogP contribution in [0.25, 0.3) is 0 Å². The number of unbranched alkanes of at least 4 members (excludes halogenated alkanes) is 4. The molecule has 0 radical (unpaired) electrons. The van der Waals surface area contributed by atoms with Crippen LogP contribution in [0.2, 0.25) is 0 Å². The van der Waals surface area contributed by atoms with Gasteiger partial charge >= 0.3 is 18.0 Å². The summed E-state index contributed by atoms with van der Waals surface area (Å²) in [6.07, 6.45) is -2.53. The van der Waals surface area contributed by atoms with E-state index in [0.717, 1.165) is 56.2 Å². The SMILES string of the molecule is CN(CCCCCC1Cc2cc(O)ccc2C2C(F)CC3(C)C(CCC3(C)O)C12)CCCCCC(F)(F)C(F)(F)C(F)(F)F. The quantitative estimate of drug-likeness (QED) is 0.167. The minimum absolute atomic E-state index is 0.112. The van der Waals surface area contributed by atoms with Gasteiger partial charge in [0, 0.05) is 17.8 Å². The highest BCUT2D eigenvalue weighted by molar-refractivity contribution is 5.41. The largest absolute Gasteiger partial charge is 0.508 e. The number of nitrogens with zero attached hydrogens (tertiary/aromatic N) is 1. The Morgan fingerprint density at radius 1 is 0.932 bits per heavy atom. The lowest BCUT2D eigenvalue weighted by Crippen LogP contribution is -2.54. The second-order valence-electron chi connectivity index (χ2n) is 14.2. The van der Waals surface area contributed by atoms with Crippen LogP contribution in [0.4, 0.5) is 35.1 Å². The molecule has 7 unspecified atom stereocenters. The molecule has 0 spiro atoms. The average Bonchev–Trinajstić information content (AvgIpc) is 3.14. The molecule has 0 heterocycles. The number of rotatable bonds is 13. The number of fused-ring (bicyclic) bond motifs is 5. The van der Waals surface area contributed by atoms with Crippen molar-refractivity contribution in [1.29, 1.82) is 0 Å². The summed E-state index contributed by atoms with van der Waals surface area (Å²) >= 11 is 0. The van der Waals surface area contributed by atoms with E-state index in [0.29, 0.717) is 25.8 Å². The van der Waals surface area contributed by atoms with E-state index in [1.54, 1.807) is 12.1 Å². The second kappa shape index (κ2) is 12.9. The van der Waals surface area contributed by atoms with Crippen LogP contribution in [-0.4, -0.2) is 65.0 Å². The number of aliphatic hydroxyl groups is 1. The van der Waals surface area contributed by atoms with Crippen LogP contribution >= 0.6 is 0 Å². The van der Waals surface area contributed by atoms with Crippen molar-refractivity contribution in [1.82, 2.24) is 4.90 Å². The van der Waals surface area contributed by atoms with Crippen molar-refractivity contribution in [2.24, 2.45) is 23.2 Å². The van der Waals surface area contributed by atoms with Crippen molar-refractivity contribution in [3.05, 3.63) is 29.3 Å². The van der Waals surface area contributed by atoms with Crippen LogP contribution in [0.5, 0.6) is 5.75 Å². The summed E-state index contributed by atoms with van der Waals surface area (Å²) in [5.74, 6) is -10.7.